The van der Waals surface area contributed by atoms with Crippen LogP contribution in [0, 0.1) is 0 Å². The maximum atomic E-state index is 5.92. The van der Waals surface area contributed by atoms with Gasteiger partial charge in [-0.05, 0) is 43.4 Å². The smallest absolute Gasteiger partial charge is 0.119 e. The van der Waals surface area contributed by atoms with E-state index in [1.165, 1.54) is 108 Å². The van der Waals surface area contributed by atoms with Crippen molar-refractivity contribution in [3.63, 3.8) is 0 Å². The summed E-state index contributed by atoms with van der Waals surface area (Å²) in [4.78, 5) is 0. The summed E-state index contributed by atoms with van der Waals surface area (Å²) in [5, 5.41) is 0. The second-order valence-electron chi connectivity index (χ2n) is 10.3. The highest BCUT2D eigenvalue weighted by Crippen LogP contribution is 2.16. The van der Waals surface area contributed by atoms with E-state index in [1.807, 2.05) is 0 Å². The summed E-state index contributed by atoms with van der Waals surface area (Å²) in [7, 11) is 0. The van der Waals surface area contributed by atoms with Gasteiger partial charge in [0.15, 0.2) is 0 Å². The average Bonchev–Trinajstić information content (AvgIpc) is 2.89. The molecule has 0 saturated carbocycles. The molecule has 0 heterocycles. The zero-order chi connectivity index (χ0) is 25.9. The topological polar surface area (TPSA) is 27.7 Å². The first kappa shape index (κ1) is 32.5. The Morgan fingerprint density at radius 1 is 0.556 bits per heavy atom. The van der Waals surface area contributed by atoms with Gasteiger partial charge < -0.3 is 14.2 Å². The molecule has 36 heavy (non-hydrogen) atoms. The molecule has 3 heteroatoms. The molecule has 0 N–H and O–H groups in total. The van der Waals surface area contributed by atoms with Crippen LogP contribution in [0.25, 0.3) is 0 Å². The molecule has 0 atom stereocenters. The summed E-state index contributed by atoms with van der Waals surface area (Å²) in [6, 6.07) is 8.39. The number of benzene rings is 1. The third kappa shape index (κ3) is 20.7. The quantitative estimate of drug-likeness (QED) is 0.0884. The molecular formula is C33H58O3. The van der Waals surface area contributed by atoms with Crippen LogP contribution in [-0.4, -0.2) is 26.4 Å². The SMILES string of the molecule is C=C(Cc1ccc(OCCCCCCCCCOCCCCCCCCC)cc1)OCCCCCC. The Morgan fingerprint density at radius 3 is 1.56 bits per heavy atom. The van der Waals surface area contributed by atoms with E-state index in [2.05, 4.69) is 44.7 Å². The van der Waals surface area contributed by atoms with Crippen LogP contribution in [-0.2, 0) is 15.9 Å². The van der Waals surface area contributed by atoms with Crippen molar-refractivity contribution in [2.75, 3.05) is 26.4 Å². The Morgan fingerprint density at radius 2 is 1.00 bits per heavy atom. The Hall–Kier alpha value is -1.48. The second kappa shape index (κ2) is 25.2. The highest BCUT2D eigenvalue weighted by atomic mass is 16.5. The monoisotopic (exact) mass is 502 g/mol. The highest BCUT2D eigenvalue weighted by molar-refractivity contribution is 5.28. The molecule has 0 aliphatic heterocycles. The van der Waals surface area contributed by atoms with E-state index in [0.29, 0.717) is 0 Å². The summed E-state index contributed by atoms with van der Waals surface area (Å²) in [5.74, 6) is 1.82. The van der Waals surface area contributed by atoms with Crippen molar-refractivity contribution in [2.24, 2.45) is 0 Å². The van der Waals surface area contributed by atoms with E-state index in [9.17, 15) is 0 Å². The van der Waals surface area contributed by atoms with Crippen molar-refractivity contribution < 1.29 is 14.2 Å². The Bertz CT molecular complexity index is 595. The Labute approximate surface area is 224 Å². The molecule has 0 spiro atoms. The second-order valence-corrected chi connectivity index (χ2v) is 10.3. The van der Waals surface area contributed by atoms with Gasteiger partial charge in [-0.15, -0.1) is 0 Å². The molecule has 1 aromatic rings. The number of rotatable bonds is 27. The number of unbranched alkanes of at least 4 members (excludes halogenated alkanes) is 15. The fourth-order valence-corrected chi connectivity index (χ4v) is 4.37. The van der Waals surface area contributed by atoms with E-state index in [1.54, 1.807) is 0 Å². The zero-order valence-corrected chi connectivity index (χ0v) is 24.0. The van der Waals surface area contributed by atoms with Crippen molar-refractivity contribution in [1.82, 2.24) is 0 Å². The lowest BCUT2D eigenvalue weighted by Gasteiger charge is -2.10. The normalized spacial score (nSPS) is 11.1. The molecule has 0 aliphatic carbocycles. The van der Waals surface area contributed by atoms with Crippen LogP contribution in [0.1, 0.15) is 135 Å². The summed E-state index contributed by atoms with van der Waals surface area (Å²) in [6.07, 6.45) is 24.0. The first-order valence-corrected chi connectivity index (χ1v) is 15.4. The molecule has 208 valence electrons. The molecule has 1 aromatic carbocycles. The molecule has 0 unspecified atom stereocenters. The van der Waals surface area contributed by atoms with Crippen molar-refractivity contribution in [1.29, 1.82) is 0 Å². The standard InChI is InChI=1S/C33H58O3/c1-4-6-8-10-12-15-18-26-34-27-19-16-13-11-14-17-21-29-36-33-24-22-32(23-25-33)30-31(3)35-28-20-9-7-5-2/h22-25H,3-21,26-30H2,1-2H3. The van der Waals surface area contributed by atoms with E-state index in [-0.39, 0.29) is 0 Å². The van der Waals surface area contributed by atoms with E-state index in [0.717, 1.165) is 57.2 Å². The zero-order valence-electron chi connectivity index (χ0n) is 24.0. The van der Waals surface area contributed by atoms with Gasteiger partial charge in [0.25, 0.3) is 0 Å². The number of allylic oxidation sites excluding steroid dienone is 1. The van der Waals surface area contributed by atoms with Crippen molar-refractivity contribution in [3.05, 3.63) is 42.2 Å². The number of hydrogen-bond donors (Lipinski definition) is 0. The van der Waals surface area contributed by atoms with Crippen molar-refractivity contribution in [3.8, 4) is 5.75 Å². The molecule has 0 aromatic heterocycles. The predicted molar refractivity (Wildman–Crippen MR) is 156 cm³/mol. The fraction of sp³-hybridized carbons (Fsp3) is 0.758. The largest absolute Gasteiger partial charge is 0.498 e. The molecule has 0 radical (unpaired) electrons. The maximum absolute atomic E-state index is 5.92. The lowest BCUT2D eigenvalue weighted by molar-refractivity contribution is 0.125. The molecule has 0 amide bonds. The van der Waals surface area contributed by atoms with Gasteiger partial charge >= 0.3 is 0 Å². The summed E-state index contributed by atoms with van der Waals surface area (Å²) in [5.41, 5.74) is 1.23. The lowest BCUT2D eigenvalue weighted by Crippen LogP contribution is -1.99. The molecular weight excluding hydrogens is 444 g/mol. The fourth-order valence-electron chi connectivity index (χ4n) is 4.37. The van der Waals surface area contributed by atoms with Crippen LogP contribution in [0.2, 0.25) is 0 Å². The van der Waals surface area contributed by atoms with Gasteiger partial charge in [-0.3, -0.25) is 0 Å². The van der Waals surface area contributed by atoms with Crippen molar-refractivity contribution in [2.45, 2.75) is 136 Å². The van der Waals surface area contributed by atoms with E-state index < -0.39 is 0 Å². The van der Waals surface area contributed by atoms with Gasteiger partial charge in [-0.2, -0.15) is 0 Å². The van der Waals surface area contributed by atoms with Gasteiger partial charge in [0.2, 0.25) is 0 Å². The summed E-state index contributed by atoms with van der Waals surface area (Å²) < 4.78 is 17.5. The van der Waals surface area contributed by atoms with Crippen LogP contribution >= 0.6 is 0 Å². The summed E-state index contributed by atoms with van der Waals surface area (Å²) >= 11 is 0. The third-order valence-corrected chi connectivity index (χ3v) is 6.72. The van der Waals surface area contributed by atoms with E-state index >= 15 is 0 Å². The van der Waals surface area contributed by atoms with Gasteiger partial charge in [-0.25, -0.2) is 0 Å². The molecule has 0 fully saturated rings. The van der Waals surface area contributed by atoms with Gasteiger partial charge in [0.1, 0.15) is 5.75 Å². The molecule has 0 saturated heterocycles. The molecule has 0 bridgehead atoms. The molecule has 3 nitrogen and oxygen atoms in total. The lowest BCUT2D eigenvalue weighted by atomic mass is 10.1. The minimum Gasteiger partial charge on any atom is -0.498 e. The van der Waals surface area contributed by atoms with Crippen LogP contribution in [0.15, 0.2) is 36.6 Å². The van der Waals surface area contributed by atoms with Gasteiger partial charge in [0.05, 0.1) is 19.0 Å². The van der Waals surface area contributed by atoms with Crippen LogP contribution in [0.5, 0.6) is 5.75 Å². The Kier molecular flexibility index (Phi) is 22.8. The Balaban J connectivity index is 1.87. The number of ether oxygens (including phenoxy) is 3. The van der Waals surface area contributed by atoms with E-state index in [4.69, 9.17) is 14.2 Å². The van der Waals surface area contributed by atoms with Gasteiger partial charge in [0, 0.05) is 19.6 Å². The molecule has 0 aliphatic rings. The molecule has 1 rings (SSSR count). The minimum atomic E-state index is 0.777. The summed E-state index contributed by atoms with van der Waals surface area (Å²) in [6.45, 7) is 12.1. The maximum Gasteiger partial charge on any atom is 0.119 e. The average molecular weight is 503 g/mol. The third-order valence-electron chi connectivity index (χ3n) is 6.72. The van der Waals surface area contributed by atoms with Crippen LogP contribution < -0.4 is 4.74 Å². The van der Waals surface area contributed by atoms with Crippen LogP contribution in [0.3, 0.4) is 0 Å². The highest BCUT2D eigenvalue weighted by Gasteiger charge is 2.01. The first-order chi connectivity index (χ1) is 17.8. The van der Waals surface area contributed by atoms with Crippen molar-refractivity contribution >= 4 is 0 Å². The first-order valence-electron chi connectivity index (χ1n) is 15.4. The van der Waals surface area contributed by atoms with Gasteiger partial charge in [-0.1, -0.05) is 122 Å². The minimum absolute atomic E-state index is 0.777. The predicted octanol–water partition coefficient (Wildman–Crippen LogP) is 10.2. The number of hydrogen-bond acceptors (Lipinski definition) is 3. The van der Waals surface area contributed by atoms with Crippen LogP contribution in [0.4, 0.5) is 0 Å².